The summed E-state index contributed by atoms with van der Waals surface area (Å²) >= 11 is 0. The molecule has 0 aliphatic carbocycles. The van der Waals surface area contributed by atoms with Gasteiger partial charge in [0.25, 0.3) is 0 Å². The standard InChI is InChI=1S/C21H20N2O4/c22-11-17-19(25-12-15-7-3-1-4-8-15)20(18-14-27-21(24)23(17)18)26-13-16-9-5-2-6-10-16/h1-10,17-20H,12-14H2/t17-,18-,19+,20+/m0/s1. The van der Waals surface area contributed by atoms with Gasteiger partial charge >= 0.3 is 6.09 Å². The summed E-state index contributed by atoms with van der Waals surface area (Å²) in [5, 5.41) is 9.67. The Kier molecular flexibility index (Phi) is 5.05. The molecular weight excluding hydrogens is 344 g/mol. The van der Waals surface area contributed by atoms with Crippen molar-refractivity contribution in [2.24, 2.45) is 0 Å². The minimum atomic E-state index is -0.727. The highest BCUT2D eigenvalue weighted by Gasteiger charge is 2.57. The summed E-state index contributed by atoms with van der Waals surface area (Å²) in [5.74, 6) is 0. The number of hydrogen-bond acceptors (Lipinski definition) is 5. The molecule has 0 aromatic heterocycles. The molecule has 27 heavy (non-hydrogen) atoms. The van der Waals surface area contributed by atoms with Gasteiger partial charge in [0.15, 0.2) is 6.04 Å². The minimum Gasteiger partial charge on any atom is -0.447 e. The highest BCUT2D eigenvalue weighted by Crippen LogP contribution is 2.35. The number of benzene rings is 2. The lowest BCUT2D eigenvalue weighted by Gasteiger charge is -2.24. The van der Waals surface area contributed by atoms with E-state index in [0.717, 1.165) is 11.1 Å². The van der Waals surface area contributed by atoms with Crippen LogP contribution in [0, 0.1) is 11.3 Å². The van der Waals surface area contributed by atoms with Crippen molar-refractivity contribution < 1.29 is 19.0 Å². The third-order valence-electron chi connectivity index (χ3n) is 4.96. The molecule has 2 heterocycles. The number of rotatable bonds is 6. The highest BCUT2D eigenvalue weighted by atomic mass is 16.6. The molecular formula is C21H20N2O4. The van der Waals surface area contributed by atoms with E-state index in [1.807, 2.05) is 60.7 Å². The second-order valence-corrected chi connectivity index (χ2v) is 6.65. The molecule has 6 nitrogen and oxygen atoms in total. The molecule has 0 unspecified atom stereocenters. The molecule has 2 aliphatic rings. The maximum atomic E-state index is 12.1. The summed E-state index contributed by atoms with van der Waals surface area (Å²) in [6.45, 7) is 0.944. The van der Waals surface area contributed by atoms with E-state index in [2.05, 4.69) is 6.07 Å². The predicted molar refractivity (Wildman–Crippen MR) is 96.4 cm³/mol. The second kappa shape index (κ2) is 7.78. The van der Waals surface area contributed by atoms with Crippen LogP contribution in [-0.2, 0) is 27.4 Å². The van der Waals surface area contributed by atoms with E-state index in [9.17, 15) is 10.1 Å². The molecule has 2 fully saturated rings. The molecule has 0 spiro atoms. The van der Waals surface area contributed by atoms with Crippen LogP contribution in [0.2, 0.25) is 0 Å². The molecule has 0 saturated carbocycles. The number of carbonyl (C=O) groups is 1. The van der Waals surface area contributed by atoms with Crippen molar-refractivity contribution >= 4 is 6.09 Å². The van der Waals surface area contributed by atoms with Gasteiger partial charge in [-0.15, -0.1) is 0 Å². The SMILES string of the molecule is N#C[C@H]1[C@@H](OCc2ccccc2)[C@H](OCc2ccccc2)[C@@H]2COC(=O)N12. The number of fused-ring (bicyclic) bond motifs is 1. The van der Waals surface area contributed by atoms with Gasteiger partial charge in [-0.2, -0.15) is 5.26 Å². The first-order valence-electron chi connectivity index (χ1n) is 8.93. The van der Waals surface area contributed by atoms with Crippen molar-refractivity contribution in [2.45, 2.75) is 37.5 Å². The van der Waals surface area contributed by atoms with Gasteiger partial charge in [0.1, 0.15) is 18.8 Å². The predicted octanol–water partition coefficient (Wildman–Crippen LogP) is 2.88. The van der Waals surface area contributed by atoms with Crippen LogP contribution in [0.25, 0.3) is 0 Å². The third kappa shape index (κ3) is 3.52. The fourth-order valence-corrected chi connectivity index (χ4v) is 3.64. The van der Waals surface area contributed by atoms with E-state index in [1.54, 1.807) is 0 Å². The van der Waals surface area contributed by atoms with Crippen LogP contribution < -0.4 is 0 Å². The average Bonchev–Trinajstić information content (AvgIpc) is 3.23. The lowest BCUT2D eigenvalue weighted by molar-refractivity contribution is -0.0780. The summed E-state index contributed by atoms with van der Waals surface area (Å²) < 4.78 is 17.4. The van der Waals surface area contributed by atoms with Crippen LogP contribution in [0.3, 0.4) is 0 Å². The first kappa shape index (κ1) is 17.5. The molecule has 138 valence electrons. The number of ether oxygens (including phenoxy) is 3. The molecule has 4 atom stereocenters. The number of amides is 1. The van der Waals surface area contributed by atoms with E-state index >= 15 is 0 Å². The zero-order valence-corrected chi connectivity index (χ0v) is 14.7. The molecule has 0 bridgehead atoms. The number of carbonyl (C=O) groups excluding carboxylic acids is 1. The van der Waals surface area contributed by atoms with Gasteiger partial charge in [-0.05, 0) is 11.1 Å². The Morgan fingerprint density at radius 3 is 2.07 bits per heavy atom. The number of cyclic esters (lactones) is 1. The van der Waals surface area contributed by atoms with Gasteiger partial charge in [-0.25, -0.2) is 4.79 Å². The zero-order chi connectivity index (χ0) is 18.6. The molecule has 6 heteroatoms. The molecule has 0 N–H and O–H groups in total. The first-order valence-corrected chi connectivity index (χ1v) is 8.93. The molecule has 2 aromatic rings. The summed E-state index contributed by atoms with van der Waals surface area (Å²) in [6.07, 6.45) is -1.44. The zero-order valence-electron chi connectivity index (χ0n) is 14.7. The Morgan fingerprint density at radius 2 is 1.52 bits per heavy atom. The van der Waals surface area contributed by atoms with E-state index in [1.165, 1.54) is 4.90 Å². The van der Waals surface area contributed by atoms with E-state index in [4.69, 9.17) is 14.2 Å². The van der Waals surface area contributed by atoms with Crippen LogP contribution in [0.4, 0.5) is 4.79 Å². The number of nitrogens with zero attached hydrogens (tertiary/aromatic N) is 2. The second-order valence-electron chi connectivity index (χ2n) is 6.65. The minimum absolute atomic E-state index is 0.210. The van der Waals surface area contributed by atoms with Crippen molar-refractivity contribution in [3.8, 4) is 6.07 Å². The Balaban J connectivity index is 1.52. The summed E-state index contributed by atoms with van der Waals surface area (Å²) in [7, 11) is 0. The van der Waals surface area contributed by atoms with Crippen molar-refractivity contribution in [2.75, 3.05) is 6.61 Å². The maximum Gasteiger partial charge on any atom is 0.411 e. The summed E-state index contributed by atoms with van der Waals surface area (Å²) in [4.78, 5) is 13.6. The van der Waals surface area contributed by atoms with Crippen molar-refractivity contribution in [3.05, 3.63) is 71.8 Å². The van der Waals surface area contributed by atoms with Gasteiger partial charge in [-0.3, -0.25) is 4.90 Å². The van der Waals surface area contributed by atoms with Gasteiger partial charge in [0.05, 0.1) is 25.3 Å². The van der Waals surface area contributed by atoms with E-state index < -0.39 is 24.3 Å². The lowest BCUT2D eigenvalue weighted by Crippen LogP contribution is -2.39. The monoisotopic (exact) mass is 364 g/mol. The van der Waals surface area contributed by atoms with Gasteiger partial charge in [0.2, 0.25) is 0 Å². The third-order valence-corrected chi connectivity index (χ3v) is 4.96. The molecule has 0 radical (unpaired) electrons. The van der Waals surface area contributed by atoms with Crippen molar-refractivity contribution in [3.63, 3.8) is 0 Å². The van der Waals surface area contributed by atoms with Crippen molar-refractivity contribution in [1.82, 2.24) is 4.90 Å². The summed E-state index contributed by atoms with van der Waals surface area (Å²) in [5.41, 5.74) is 2.03. The smallest absolute Gasteiger partial charge is 0.411 e. The molecule has 4 rings (SSSR count). The fourth-order valence-electron chi connectivity index (χ4n) is 3.64. The Hall–Kier alpha value is -2.88. The normalized spacial score (nSPS) is 26.5. The molecule has 2 aliphatic heterocycles. The molecule has 2 saturated heterocycles. The maximum absolute atomic E-state index is 12.1. The average molecular weight is 364 g/mol. The summed E-state index contributed by atoms with van der Waals surface area (Å²) in [6, 6.07) is 20.7. The van der Waals surface area contributed by atoms with Crippen LogP contribution in [-0.4, -0.2) is 41.9 Å². The van der Waals surface area contributed by atoms with Crippen LogP contribution in [0.15, 0.2) is 60.7 Å². The topological polar surface area (TPSA) is 71.8 Å². The Labute approximate surface area is 157 Å². The Morgan fingerprint density at radius 1 is 0.963 bits per heavy atom. The van der Waals surface area contributed by atoms with Gasteiger partial charge < -0.3 is 14.2 Å². The van der Waals surface area contributed by atoms with E-state index in [0.29, 0.717) is 13.2 Å². The van der Waals surface area contributed by atoms with Gasteiger partial charge in [-0.1, -0.05) is 60.7 Å². The first-order chi connectivity index (χ1) is 13.3. The lowest BCUT2D eigenvalue weighted by atomic mass is 10.1. The highest BCUT2D eigenvalue weighted by molar-refractivity contribution is 5.72. The van der Waals surface area contributed by atoms with Crippen LogP contribution in [0.1, 0.15) is 11.1 Å². The number of hydrogen-bond donors (Lipinski definition) is 0. The fraction of sp³-hybridized carbons (Fsp3) is 0.333. The quantitative estimate of drug-likeness (QED) is 0.788. The Bertz CT molecular complexity index is 821. The molecule has 2 aromatic carbocycles. The van der Waals surface area contributed by atoms with Gasteiger partial charge in [0, 0.05) is 0 Å². The largest absolute Gasteiger partial charge is 0.447 e. The molecule has 1 amide bonds. The van der Waals surface area contributed by atoms with Crippen LogP contribution >= 0.6 is 0 Å². The van der Waals surface area contributed by atoms with Crippen molar-refractivity contribution in [1.29, 1.82) is 5.26 Å². The van der Waals surface area contributed by atoms with E-state index in [-0.39, 0.29) is 12.6 Å². The van der Waals surface area contributed by atoms with Crippen LogP contribution in [0.5, 0.6) is 0 Å². The number of nitriles is 1.